The second-order valence-electron chi connectivity index (χ2n) is 6.47. The smallest absolute Gasteiger partial charge is 0.229 e. The molecule has 0 saturated carbocycles. The van der Waals surface area contributed by atoms with Crippen LogP contribution in [0.5, 0.6) is 5.75 Å². The number of carbonyl (C=O) groups excluding carboxylic acids is 1. The van der Waals surface area contributed by atoms with Crippen molar-refractivity contribution in [2.75, 3.05) is 10.6 Å². The topological polar surface area (TPSA) is 76.1 Å². The number of benzene rings is 2. The van der Waals surface area contributed by atoms with Crippen molar-refractivity contribution < 1.29 is 13.9 Å². The number of aromatic nitrogens is 2. The molecule has 2 aromatic carbocycles. The number of nitrogens with zero attached hydrogens (tertiary/aromatic N) is 2. The van der Waals surface area contributed by atoms with Gasteiger partial charge in [0.25, 0.3) is 0 Å². The van der Waals surface area contributed by atoms with Crippen LogP contribution in [0.1, 0.15) is 19.4 Å². The highest BCUT2D eigenvalue weighted by Crippen LogP contribution is 2.20. The molecule has 0 aliphatic carbocycles. The van der Waals surface area contributed by atoms with Gasteiger partial charge in [-0.25, -0.2) is 4.39 Å². The summed E-state index contributed by atoms with van der Waals surface area (Å²) in [7, 11) is 0. The van der Waals surface area contributed by atoms with Gasteiger partial charge in [-0.15, -0.1) is 10.2 Å². The summed E-state index contributed by atoms with van der Waals surface area (Å²) in [5, 5.41) is 13.9. The highest BCUT2D eigenvalue weighted by Gasteiger charge is 2.06. The number of ether oxygens (including phenoxy) is 1. The van der Waals surface area contributed by atoms with Gasteiger partial charge in [0.05, 0.1) is 12.5 Å². The number of rotatable bonds is 7. The lowest BCUT2D eigenvalue weighted by Gasteiger charge is -2.11. The van der Waals surface area contributed by atoms with E-state index in [-0.39, 0.29) is 24.2 Å². The van der Waals surface area contributed by atoms with E-state index >= 15 is 0 Å². The summed E-state index contributed by atoms with van der Waals surface area (Å²) in [5.74, 6) is 1.11. The molecule has 0 aliphatic heterocycles. The van der Waals surface area contributed by atoms with Crippen molar-refractivity contribution in [2.24, 2.45) is 0 Å². The molecule has 1 amide bonds. The Morgan fingerprint density at radius 2 is 1.61 bits per heavy atom. The molecule has 2 N–H and O–H groups in total. The van der Waals surface area contributed by atoms with Gasteiger partial charge in [-0.05, 0) is 67.9 Å². The molecule has 0 fully saturated rings. The largest absolute Gasteiger partial charge is 0.491 e. The van der Waals surface area contributed by atoms with Crippen molar-refractivity contribution in [2.45, 2.75) is 26.4 Å². The van der Waals surface area contributed by atoms with E-state index in [1.807, 2.05) is 38.1 Å². The fraction of sp³-hybridized carbons (Fsp3) is 0.190. The summed E-state index contributed by atoms with van der Waals surface area (Å²) in [5.41, 5.74) is 1.56. The first kappa shape index (κ1) is 19.3. The third-order valence-corrected chi connectivity index (χ3v) is 3.71. The minimum absolute atomic E-state index is 0.121. The predicted octanol–water partition coefficient (Wildman–Crippen LogP) is 4.33. The maximum Gasteiger partial charge on any atom is 0.229 e. The van der Waals surface area contributed by atoms with Crippen LogP contribution < -0.4 is 15.4 Å². The van der Waals surface area contributed by atoms with Gasteiger partial charge in [-0.2, -0.15) is 0 Å². The Labute approximate surface area is 162 Å². The average molecular weight is 380 g/mol. The number of halogens is 1. The predicted molar refractivity (Wildman–Crippen MR) is 106 cm³/mol. The second kappa shape index (κ2) is 8.94. The Kier molecular flexibility index (Phi) is 6.16. The third-order valence-electron chi connectivity index (χ3n) is 3.71. The Hall–Kier alpha value is -3.48. The zero-order valence-electron chi connectivity index (χ0n) is 15.6. The lowest BCUT2D eigenvalue weighted by Crippen LogP contribution is -2.15. The van der Waals surface area contributed by atoms with Crippen molar-refractivity contribution in [1.82, 2.24) is 10.2 Å². The van der Waals surface area contributed by atoms with E-state index in [0.29, 0.717) is 11.6 Å². The molecule has 0 bridgehead atoms. The molecule has 144 valence electrons. The molecule has 6 nitrogen and oxygen atoms in total. The molecule has 0 aliphatic rings. The quantitative estimate of drug-likeness (QED) is 0.638. The molecule has 0 radical (unpaired) electrons. The molecule has 28 heavy (non-hydrogen) atoms. The Morgan fingerprint density at radius 3 is 2.21 bits per heavy atom. The van der Waals surface area contributed by atoms with E-state index in [0.717, 1.165) is 17.0 Å². The van der Waals surface area contributed by atoms with Crippen molar-refractivity contribution in [1.29, 1.82) is 0 Å². The third kappa shape index (κ3) is 5.77. The van der Waals surface area contributed by atoms with Gasteiger partial charge in [-0.3, -0.25) is 4.79 Å². The summed E-state index contributed by atoms with van der Waals surface area (Å²) < 4.78 is 18.5. The first-order valence-corrected chi connectivity index (χ1v) is 8.90. The lowest BCUT2D eigenvalue weighted by molar-refractivity contribution is -0.115. The lowest BCUT2D eigenvalue weighted by atomic mass is 10.1. The highest BCUT2D eigenvalue weighted by atomic mass is 19.1. The SMILES string of the molecule is CC(C)Oc1ccc(Nc2ccc(NC(=O)Cc3ccc(F)cc3)nn2)cc1. The molecule has 7 heteroatoms. The van der Waals surface area contributed by atoms with Crippen LogP contribution in [0.15, 0.2) is 60.7 Å². The number of hydrogen-bond acceptors (Lipinski definition) is 5. The van der Waals surface area contributed by atoms with Crippen LogP contribution in [0.2, 0.25) is 0 Å². The molecular weight excluding hydrogens is 359 g/mol. The van der Waals surface area contributed by atoms with Gasteiger partial charge in [0.15, 0.2) is 11.6 Å². The van der Waals surface area contributed by atoms with Gasteiger partial charge in [-0.1, -0.05) is 12.1 Å². The Bertz CT molecular complexity index is 911. The van der Waals surface area contributed by atoms with Crippen LogP contribution in [0.3, 0.4) is 0 Å². The standard InChI is InChI=1S/C21H21FN4O2/c1-14(2)28-18-9-7-17(8-10-18)23-19-11-12-20(26-25-19)24-21(27)13-15-3-5-16(22)6-4-15/h3-12,14H,13H2,1-2H3,(H,23,25)(H,24,26,27). The average Bonchev–Trinajstić information content (AvgIpc) is 2.66. The summed E-state index contributed by atoms with van der Waals surface area (Å²) in [6.45, 7) is 3.95. The van der Waals surface area contributed by atoms with E-state index < -0.39 is 0 Å². The molecule has 0 atom stereocenters. The zero-order valence-corrected chi connectivity index (χ0v) is 15.6. The zero-order chi connectivity index (χ0) is 19.9. The number of hydrogen-bond donors (Lipinski definition) is 2. The van der Waals surface area contributed by atoms with Crippen LogP contribution in [0, 0.1) is 5.82 Å². The van der Waals surface area contributed by atoms with Gasteiger partial charge in [0.2, 0.25) is 5.91 Å². The van der Waals surface area contributed by atoms with Crippen LogP contribution in [-0.2, 0) is 11.2 Å². The first-order valence-electron chi connectivity index (χ1n) is 8.90. The highest BCUT2D eigenvalue weighted by molar-refractivity contribution is 5.91. The first-order chi connectivity index (χ1) is 13.5. The number of amides is 1. The molecule has 3 aromatic rings. The molecule has 3 rings (SSSR count). The molecule has 1 aromatic heterocycles. The van der Waals surface area contributed by atoms with Crippen LogP contribution in [0.4, 0.5) is 21.7 Å². The van der Waals surface area contributed by atoms with E-state index in [2.05, 4.69) is 20.8 Å². The maximum absolute atomic E-state index is 12.9. The van der Waals surface area contributed by atoms with Gasteiger partial charge in [0.1, 0.15) is 11.6 Å². The van der Waals surface area contributed by atoms with E-state index in [4.69, 9.17) is 4.74 Å². The summed E-state index contributed by atoms with van der Waals surface area (Å²) in [6, 6.07) is 16.7. The molecular formula is C21H21FN4O2. The van der Waals surface area contributed by atoms with Gasteiger partial charge in [0, 0.05) is 5.69 Å². The van der Waals surface area contributed by atoms with Crippen molar-refractivity contribution in [3.05, 3.63) is 72.0 Å². The van der Waals surface area contributed by atoms with Crippen LogP contribution in [-0.4, -0.2) is 22.2 Å². The van der Waals surface area contributed by atoms with E-state index in [1.165, 1.54) is 12.1 Å². The van der Waals surface area contributed by atoms with Crippen molar-refractivity contribution in [3.8, 4) is 5.75 Å². The molecule has 0 unspecified atom stereocenters. The van der Waals surface area contributed by atoms with Gasteiger partial charge < -0.3 is 15.4 Å². The van der Waals surface area contributed by atoms with Crippen molar-refractivity contribution >= 4 is 23.2 Å². The minimum Gasteiger partial charge on any atom is -0.491 e. The number of anilines is 3. The molecule has 0 saturated heterocycles. The Morgan fingerprint density at radius 1 is 0.964 bits per heavy atom. The molecule has 0 spiro atoms. The normalized spacial score (nSPS) is 10.6. The van der Waals surface area contributed by atoms with Crippen molar-refractivity contribution in [3.63, 3.8) is 0 Å². The van der Waals surface area contributed by atoms with Crippen LogP contribution in [0.25, 0.3) is 0 Å². The Balaban J connectivity index is 1.54. The molecule has 1 heterocycles. The fourth-order valence-electron chi connectivity index (χ4n) is 2.48. The summed E-state index contributed by atoms with van der Waals surface area (Å²) in [4.78, 5) is 12.1. The fourth-order valence-corrected chi connectivity index (χ4v) is 2.48. The maximum atomic E-state index is 12.9. The second-order valence-corrected chi connectivity index (χ2v) is 6.47. The minimum atomic E-state index is -0.333. The number of nitrogens with one attached hydrogen (secondary N) is 2. The summed E-state index contributed by atoms with van der Waals surface area (Å²) in [6.07, 6.45) is 0.253. The van der Waals surface area contributed by atoms with Crippen LogP contribution >= 0.6 is 0 Å². The van der Waals surface area contributed by atoms with E-state index in [1.54, 1.807) is 24.3 Å². The number of carbonyl (C=O) groups is 1. The van der Waals surface area contributed by atoms with Gasteiger partial charge >= 0.3 is 0 Å². The summed E-state index contributed by atoms with van der Waals surface area (Å²) >= 11 is 0. The monoisotopic (exact) mass is 380 g/mol. The van der Waals surface area contributed by atoms with E-state index in [9.17, 15) is 9.18 Å².